The smallest absolute Gasteiger partial charge is 0.279 e. The molecule has 2 N–H and O–H groups in total. The standard InChI is InChI=1S/C20H23N3O4/c1-4-11-27-18-8-5-16(6-9-18)13-22(3)14-20(24)21-19-10-7-17(23(25)26)12-15(19)2/h4-10,12H,1,11,13-14H2,2-3H3,(H,21,24)/p+1. The van der Waals surface area contributed by atoms with Crippen LogP contribution in [-0.2, 0) is 11.3 Å². The fourth-order valence-corrected chi connectivity index (χ4v) is 2.64. The molecule has 7 heteroatoms. The van der Waals surface area contributed by atoms with E-state index in [2.05, 4.69) is 11.9 Å². The molecule has 2 aromatic rings. The maximum atomic E-state index is 12.3. The summed E-state index contributed by atoms with van der Waals surface area (Å²) < 4.78 is 5.45. The first-order valence-electron chi connectivity index (χ1n) is 8.58. The number of carbonyl (C=O) groups is 1. The third-order valence-corrected chi connectivity index (χ3v) is 3.95. The second-order valence-electron chi connectivity index (χ2n) is 6.36. The van der Waals surface area contributed by atoms with Gasteiger partial charge in [-0.3, -0.25) is 14.9 Å². The number of benzene rings is 2. The molecule has 0 saturated heterocycles. The monoisotopic (exact) mass is 370 g/mol. The summed E-state index contributed by atoms with van der Waals surface area (Å²) in [6, 6.07) is 12.1. The average Bonchev–Trinajstić information content (AvgIpc) is 2.62. The molecule has 0 spiro atoms. The van der Waals surface area contributed by atoms with Crippen molar-refractivity contribution < 1.29 is 19.4 Å². The fourth-order valence-electron chi connectivity index (χ4n) is 2.64. The first kappa shape index (κ1) is 20.1. The molecule has 0 saturated carbocycles. The number of likely N-dealkylation sites (N-methyl/N-ethyl adjacent to an activating group) is 1. The lowest BCUT2D eigenvalue weighted by Gasteiger charge is -2.15. The Kier molecular flexibility index (Phi) is 7.08. The Labute approximate surface area is 158 Å². The average molecular weight is 370 g/mol. The third kappa shape index (κ3) is 6.23. The second kappa shape index (κ2) is 9.49. The van der Waals surface area contributed by atoms with E-state index in [4.69, 9.17) is 4.74 Å². The first-order chi connectivity index (χ1) is 12.9. The molecule has 0 heterocycles. The van der Waals surface area contributed by atoms with Gasteiger partial charge < -0.3 is 15.0 Å². The van der Waals surface area contributed by atoms with Crippen LogP contribution in [0.1, 0.15) is 11.1 Å². The van der Waals surface area contributed by atoms with Gasteiger partial charge in [-0.05, 0) is 42.8 Å². The normalized spacial score (nSPS) is 11.5. The van der Waals surface area contributed by atoms with Crippen LogP contribution in [0.25, 0.3) is 0 Å². The molecule has 1 unspecified atom stereocenters. The molecule has 1 amide bonds. The summed E-state index contributed by atoms with van der Waals surface area (Å²) in [5.74, 6) is 0.637. The lowest BCUT2D eigenvalue weighted by atomic mass is 10.1. The number of hydrogen-bond donors (Lipinski definition) is 2. The van der Waals surface area contributed by atoms with Gasteiger partial charge in [0, 0.05) is 23.4 Å². The number of nitrogens with one attached hydrogen (secondary N) is 2. The molecule has 2 aromatic carbocycles. The maximum absolute atomic E-state index is 12.3. The van der Waals surface area contributed by atoms with Gasteiger partial charge in [0.25, 0.3) is 11.6 Å². The van der Waals surface area contributed by atoms with E-state index in [0.717, 1.165) is 16.2 Å². The van der Waals surface area contributed by atoms with E-state index in [1.807, 2.05) is 31.3 Å². The van der Waals surface area contributed by atoms with E-state index in [0.29, 0.717) is 24.4 Å². The van der Waals surface area contributed by atoms with Crippen LogP contribution in [0, 0.1) is 17.0 Å². The SMILES string of the molecule is C=CCOc1ccc(C[NH+](C)CC(=O)Nc2ccc([N+](=O)[O-])cc2C)cc1. The van der Waals surface area contributed by atoms with Crippen LogP contribution >= 0.6 is 0 Å². The van der Waals surface area contributed by atoms with Gasteiger partial charge in [-0.15, -0.1) is 0 Å². The third-order valence-electron chi connectivity index (χ3n) is 3.95. The van der Waals surface area contributed by atoms with Crippen molar-refractivity contribution in [2.24, 2.45) is 0 Å². The number of nitro groups is 1. The van der Waals surface area contributed by atoms with Gasteiger partial charge in [-0.1, -0.05) is 12.7 Å². The van der Waals surface area contributed by atoms with E-state index in [1.54, 1.807) is 19.1 Å². The zero-order valence-electron chi connectivity index (χ0n) is 15.5. The summed E-state index contributed by atoms with van der Waals surface area (Å²) in [4.78, 5) is 23.6. The molecule has 0 aliphatic rings. The molecule has 0 aromatic heterocycles. The molecule has 0 bridgehead atoms. The predicted molar refractivity (Wildman–Crippen MR) is 104 cm³/mol. The number of hydrogen-bond acceptors (Lipinski definition) is 4. The number of quaternary nitrogens is 1. The van der Waals surface area contributed by atoms with Crippen molar-refractivity contribution >= 4 is 17.3 Å². The van der Waals surface area contributed by atoms with Gasteiger partial charge in [0.05, 0.1) is 12.0 Å². The highest BCUT2D eigenvalue weighted by Gasteiger charge is 2.14. The molecule has 142 valence electrons. The van der Waals surface area contributed by atoms with Gasteiger partial charge in [-0.2, -0.15) is 0 Å². The van der Waals surface area contributed by atoms with Crippen LogP contribution in [-0.4, -0.2) is 31.0 Å². The molecular formula is C20H24N3O4+. The van der Waals surface area contributed by atoms with E-state index in [9.17, 15) is 14.9 Å². The van der Waals surface area contributed by atoms with E-state index in [1.165, 1.54) is 12.1 Å². The van der Waals surface area contributed by atoms with Crippen molar-refractivity contribution in [2.75, 3.05) is 25.5 Å². The van der Waals surface area contributed by atoms with Crippen molar-refractivity contribution in [3.63, 3.8) is 0 Å². The van der Waals surface area contributed by atoms with Crippen molar-refractivity contribution in [1.82, 2.24) is 0 Å². The Hall–Kier alpha value is -3.19. The zero-order valence-corrected chi connectivity index (χ0v) is 15.5. The van der Waals surface area contributed by atoms with E-state index in [-0.39, 0.29) is 18.1 Å². The van der Waals surface area contributed by atoms with Crippen molar-refractivity contribution in [2.45, 2.75) is 13.5 Å². The minimum atomic E-state index is -0.454. The van der Waals surface area contributed by atoms with Crippen LogP contribution < -0.4 is 15.0 Å². The lowest BCUT2D eigenvalue weighted by Crippen LogP contribution is -3.08. The minimum Gasteiger partial charge on any atom is -0.490 e. The Bertz CT molecular complexity index is 818. The molecule has 0 radical (unpaired) electrons. The van der Waals surface area contributed by atoms with Gasteiger partial charge in [0.1, 0.15) is 18.9 Å². The minimum absolute atomic E-state index is 0.00811. The Morgan fingerprint density at radius 1 is 1.30 bits per heavy atom. The molecule has 0 aliphatic carbocycles. The highest BCUT2D eigenvalue weighted by molar-refractivity contribution is 5.92. The maximum Gasteiger partial charge on any atom is 0.279 e. The molecule has 2 rings (SSSR count). The van der Waals surface area contributed by atoms with Gasteiger partial charge in [-0.25, -0.2) is 0 Å². The number of amides is 1. The number of nitrogens with zero attached hydrogens (tertiary/aromatic N) is 1. The Morgan fingerprint density at radius 2 is 2.00 bits per heavy atom. The number of rotatable bonds is 9. The van der Waals surface area contributed by atoms with Crippen molar-refractivity contribution in [1.29, 1.82) is 0 Å². The molecule has 0 aliphatic heterocycles. The van der Waals surface area contributed by atoms with E-state index < -0.39 is 4.92 Å². The summed E-state index contributed by atoms with van der Waals surface area (Å²) in [7, 11) is 1.93. The summed E-state index contributed by atoms with van der Waals surface area (Å²) in [6.45, 7) is 6.78. The number of non-ortho nitro benzene ring substituents is 1. The van der Waals surface area contributed by atoms with Crippen LogP contribution in [0.2, 0.25) is 0 Å². The zero-order chi connectivity index (χ0) is 19.8. The van der Waals surface area contributed by atoms with Crippen LogP contribution in [0.4, 0.5) is 11.4 Å². The second-order valence-corrected chi connectivity index (χ2v) is 6.36. The Balaban J connectivity index is 1.88. The number of aryl methyl sites for hydroxylation is 1. The van der Waals surface area contributed by atoms with E-state index >= 15 is 0 Å². The van der Waals surface area contributed by atoms with Gasteiger partial charge in [0.2, 0.25) is 0 Å². The quantitative estimate of drug-likeness (QED) is 0.402. The molecule has 1 atom stereocenters. The summed E-state index contributed by atoms with van der Waals surface area (Å²) in [5.41, 5.74) is 2.35. The Morgan fingerprint density at radius 3 is 2.59 bits per heavy atom. The highest BCUT2D eigenvalue weighted by atomic mass is 16.6. The lowest BCUT2D eigenvalue weighted by molar-refractivity contribution is -0.885. The summed E-state index contributed by atoms with van der Waals surface area (Å²) >= 11 is 0. The molecule has 27 heavy (non-hydrogen) atoms. The van der Waals surface area contributed by atoms with Gasteiger partial charge in [0.15, 0.2) is 6.54 Å². The predicted octanol–water partition coefficient (Wildman–Crippen LogP) is 2.12. The first-order valence-corrected chi connectivity index (χ1v) is 8.58. The summed E-state index contributed by atoms with van der Waals surface area (Å²) in [6.07, 6.45) is 1.69. The van der Waals surface area contributed by atoms with Gasteiger partial charge >= 0.3 is 0 Å². The van der Waals surface area contributed by atoms with Crippen molar-refractivity contribution in [3.05, 3.63) is 76.4 Å². The topological polar surface area (TPSA) is 85.9 Å². The highest BCUT2D eigenvalue weighted by Crippen LogP contribution is 2.20. The van der Waals surface area contributed by atoms with Crippen LogP contribution in [0.15, 0.2) is 55.1 Å². The summed E-state index contributed by atoms with van der Waals surface area (Å²) in [5, 5.41) is 13.6. The fraction of sp³-hybridized carbons (Fsp3) is 0.250. The number of nitro benzene ring substituents is 1. The largest absolute Gasteiger partial charge is 0.490 e. The van der Waals surface area contributed by atoms with Crippen LogP contribution in [0.3, 0.4) is 0 Å². The number of carbonyl (C=O) groups excluding carboxylic acids is 1. The van der Waals surface area contributed by atoms with Crippen LogP contribution in [0.5, 0.6) is 5.75 Å². The molecule has 7 nitrogen and oxygen atoms in total. The number of anilines is 1. The molecular weight excluding hydrogens is 346 g/mol. The molecule has 0 fully saturated rings. The van der Waals surface area contributed by atoms with Crippen molar-refractivity contribution in [3.8, 4) is 5.75 Å². The number of ether oxygens (including phenoxy) is 1.